The van der Waals surface area contributed by atoms with Crippen molar-refractivity contribution in [1.29, 1.82) is 0 Å². The van der Waals surface area contributed by atoms with Crippen LogP contribution in [0.25, 0.3) is 10.9 Å². The fourth-order valence-electron chi connectivity index (χ4n) is 2.33. The summed E-state index contributed by atoms with van der Waals surface area (Å²) < 4.78 is 0. The van der Waals surface area contributed by atoms with Crippen LogP contribution in [0.3, 0.4) is 0 Å². The number of hydrogen-bond donors (Lipinski definition) is 2. The topological polar surface area (TPSA) is 79.3 Å². The highest BCUT2D eigenvalue weighted by atomic mass is 32.2. The lowest BCUT2D eigenvalue weighted by Gasteiger charge is -2.08. The van der Waals surface area contributed by atoms with Gasteiger partial charge in [0.05, 0.1) is 11.3 Å². The van der Waals surface area contributed by atoms with E-state index in [2.05, 4.69) is 25.6 Å². The molecule has 1 fully saturated rings. The predicted octanol–water partition coefficient (Wildman–Crippen LogP) is 3.22. The zero-order valence-electron chi connectivity index (χ0n) is 12.6. The molecule has 1 aliphatic rings. The molecule has 0 saturated carbocycles. The lowest BCUT2D eigenvalue weighted by Crippen LogP contribution is -2.19. The zero-order chi connectivity index (χ0) is 16.4. The molecule has 2 aromatic carbocycles. The molecule has 4 rings (SSSR count). The average Bonchev–Trinajstić information content (AvgIpc) is 3.01. The maximum atomic E-state index is 11.4. The molecule has 2 N–H and O–H groups in total. The first-order chi connectivity index (χ1) is 11.8. The number of amidine groups is 1. The van der Waals surface area contributed by atoms with E-state index in [1.54, 1.807) is 0 Å². The molecule has 24 heavy (non-hydrogen) atoms. The Balaban J connectivity index is 1.77. The van der Waals surface area contributed by atoms with Crippen LogP contribution >= 0.6 is 11.8 Å². The molecule has 2 heterocycles. The minimum atomic E-state index is -0.0419. The minimum absolute atomic E-state index is 0.0419. The predicted molar refractivity (Wildman–Crippen MR) is 97.0 cm³/mol. The summed E-state index contributed by atoms with van der Waals surface area (Å²) in [5.74, 6) is 1.34. The highest BCUT2D eigenvalue weighted by Gasteiger charge is 2.17. The van der Waals surface area contributed by atoms with E-state index in [9.17, 15) is 4.79 Å². The maximum absolute atomic E-state index is 11.4. The second kappa shape index (κ2) is 6.29. The molecule has 0 unspecified atom stereocenters. The third-order valence-electron chi connectivity index (χ3n) is 3.41. The number of hydrogen-bond acceptors (Lipinski definition) is 6. The Hall–Kier alpha value is -2.93. The van der Waals surface area contributed by atoms with E-state index in [1.165, 1.54) is 11.8 Å². The molecular weight excluding hydrogens is 322 g/mol. The lowest BCUT2D eigenvalue weighted by molar-refractivity contribution is -0.116. The number of anilines is 2. The number of benzene rings is 2. The molecular formula is C17H13N5OS. The first-order valence-corrected chi connectivity index (χ1v) is 8.37. The smallest absolute Gasteiger partial charge is 0.236 e. The Kier molecular flexibility index (Phi) is 3.84. The molecule has 0 aliphatic carbocycles. The number of carbonyl (C=O) groups excluding carboxylic acids is 1. The number of nitrogens with zero attached hydrogens (tertiary/aromatic N) is 3. The van der Waals surface area contributed by atoms with Gasteiger partial charge in [0.2, 0.25) is 11.9 Å². The number of fused-ring (bicyclic) bond motifs is 1. The van der Waals surface area contributed by atoms with Gasteiger partial charge in [0, 0.05) is 11.1 Å². The van der Waals surface area contributed by atoms with Gasteiger partial charge in [-0.05, 0) is 24.3 Å². The van der Waals surface area contributed by atoms with Crippen molar-refractivity contribution >= 4 is 51.2 Å². The summed E-state index contributed by atoms with van der Waals surface area (Å²) >= 11 is 1.37. The standard InChI is InChI=1S/C17H13N5OS/c23-14-10-24-17(20-14)22-15-12-8-4-5-9-13(12)19-16(21-15)18-11-6-2-1-3-7-11/h1-9H,10H2,(H2,18,19,20,21,22,23). The van der Waals surface area contributed by atoms with Gasteiger partial charge in [0.25, 0.3) is 0 Å². The molecule has 7 heteroatoms. The molecule has 6 nitrogen and oxygen atoms in total. The van der Waals surface area contributed by atoms with Gasteiger partial charge >= 0.3 is 0 Å². The van der Waals surface area contributed by atoms with Gasteiger partial charge in [-0.15, -0.1) is 0 Å². The molecule has 0 radical (unpaired) electrons. The number of rotatable bonds is 3. The van der Waals surface area contributed by atoms with Crippen LogP contribution in [0.5, 0.6) is 0 Å². The van der Waals surface area contributed by atoms with E-state index in [0.29, 0.717) is 22.7 Å². The normalized spacial score (nSPS) is 15.7. The molecule has 3 aromatic rings. The Morgan fingerprint density at radius 2 is 1.83 bits per heavy atom. The van der Waals surface area contributed by atoms with Gasteiger partial charge in [-0.1, -0.05) is 42.1 Å². The second-order valence-corrected chi connectivity index (χ2v) is 6.10. The molecule has 0 bridgehead atoms. The SMILES string of the molecule is O=C1CSC(=Nc2nc(Nc3ccccc3)nc3ccccc23)N1. The van der Waals surface area contributed by atoms with E-state index < -0.39 is 0 Å². The van der Waals surface area contributed by atoms with Crippen molar-refractivity contribution in [1.82, 2.24) is 15.3 Å². The first kappa shape index (κ1) is 14.6. The van der Waals surface area contributed by atoms with Crippen LogP contribution in [0.15, 0.2) is 59.6 Å². The van der Waals surface area contributed by atoms with Crippen LogP contribution in [-0.2, 0) is 4.79 Å². The number of thioether (sulfide) groups is 1. The summed E-state index contributed by atoms with van der Waals surface area (Å²) in [6.45, 7) is 0. The summed E-state index contributed by atoms with van der Waals surface area (Å²) in [7, 11) is 0. The fourth-order valence-corrected chi connectivity index (χ4v) is 3.01. The van der Waals surface area contributed by atoms with Crippen LogP contribution in [-0.4, -0.2) is 26.8 Å². The zero-order valence-corrected chi connectivity index (χ0v) is 13.4. The third kappa shape index (κ3) is 3.07. The second-order valence-electron chi connectivity index (χ2n) is 5.13. The fraction of sp³-hybridized carbons (Fsp3) is 0.0588. The summed E-state index contributed by atoms with van der Waals surface area (Å²) in [5, 5.41) is 7.32. The minimum Gasteiger partial charge on any atom is -0.324 e. The summed E-state index contributed by atoms with van der Waals surface area (Å²) in [5.41, 5.74) is 1.69. The highest BCUT2D eigenvalue weighted by Crippen LogP contribution is 2.27. The van der Waals surface area contributed by atoms with E-state index in [0.717, 1.165) is 16.6 Å². The molecule has 0 atom stereocenters. The van der Waals surface area contributed by atoms with Crippen LogP contribution < -0.4 is 10.6 Å². The highest BCUT2D eigenvalue weighted by molar-refractivity contribution is 8.15. The monoisotopic (exact) mass is 335 g/mol. The van der Waals surface area contributed by atoms with Gasteiger partial charge < -0.3 is 10.6 Å². The number of para-hydroxylation sites is 2. The molecule has 0 spiro atoms. The Bertz CT molecular complexity index is 942. The molecule has 1 aliphatic heterocycles. The van der Waals surface area contributed by atoms with Crippen molar-refractivity contribution in [3.8, 4) is 0 Å². The summed E-state index contributed by atoms with van der Waals surface area (Å²) in [4.78, 5) is 24.9. The largest absolute Gasteiger partial charge is 0.324 e. The van der Waals surface area contributed by atoms with Crippen molar-refractivity contribution in [3.63, 3.8) is 0 Å². The van der Waals surface area contributed by atoms with E-state index in [-0.39, 0.29) is 5.91 Å². The average molecular weight is 335 g/mol. The van der Waals surface area contributed by atoms with Crippen molar-refractivity contribution in [2.24, 2.45) is 4.99 Å². The Morgan fingerprint density at radius 3 is 2.62 bits per heavy atom. The maximum Gasteiger partial charge on any atom is 0.236 e. The molecule has 1 saturated heterocycles. The van der Waals surface area contributed by atoms with Gasteiger partial charge in [-0.25, -0.2) is 9.98 Å². The van der Waals surface area contributed by atoms with E-state index in [4.69, 9.17) is 0 Å². The molecule has 118 valence electrons. The van der Waals surface area contributed by atoms with E-state index in [1.807, 2.05) is 54.6 Å². The lowest BCUT2D eigenvalue weighted by atomic mass is 10.2. The van der Waals surface area contributed by atoms with Gasteiger partial charge in [-0.2, -0.15) is 4.98 Å². The quantitative estimate of drug-likeness (QED) is 0.768. The van der Waals surface area contributed by atoms with Crippen molar-refractivity contribution in [2.45, 2.75) is 0 Å². The van der Waals surface area contributed by atoms with Gasteiger partial charge in [-0.3, -0.25) is 4.79 Å². The molecule has 1 aromatic heterocycles. The Morgan fingerprint density at radius 1 is 1.04 bits per heavy atom. The van der Waals surface area contributed by atoms with Crippen LogP contribution in [0, 0.1) is 0 Å². The molecule has 1 amide bonds. The number of amides is 1. The van der Waals surface area contributed by atoms with Crippen molar-refractivity contribution in [2.75, 3.05) is 11.1 Å². The third-order valence-corrected chi connectivity index (χ3v) is 4.28. The summed E-state index contributed by atoms with van der Waals surface area (Å²) in [6, 6.07) is 17.4. The van der Waals surface area contributed by atoms with Crippen LogP contribution in [0.2, 0.25) is 0 Å². The summed E-state index contributed by atoms with van der Waals surface area (Å²) in [6.07, 6.45) is 0. The number of carbonyl (C=O) groups is 1. The van der Waals surface area contributed by atoms with Crippen molar-refractivity contribution < 1.29 is 4.79 Å². The number of aliphatic imine (C=N–C) groups is 1. The number of nitrogens with one attached hydrogen (secondary N) is 2. The van der Waals surface area contributed by atoms with Gasteiger partial charge in [0.15, 0.2) is 11.0 Å². The van der Waals surface area contributed by atoms with Crippen molar-refractivity contribution in [3.05, 3.63) is 54.6 Å². The van der Waals surface area contributed by atoms with Gasteiger partial charge in [0.1, 0.15) is 0 Å². The van der Waals surface area contributed by atoms with Crippen LogP contribution in [0.4, 0.5) is 17.5 Å². The Labute approximate surface area is 142 Å². The first-order valence-electron chi connectivity index (χ1n) is 7.38. The van der Waals surface area contributed by atoms with E-state index >= 15 is 0 Å². The van der Waals surface area contributed by atoms with Crippen LogP contribution in [0.1, 0.15) is 0 Å². The number of aromatic nitrogens is 2.